The summed E-state index contributed by atoms with van der Waals surface area (Å²) >= 11 is 0. The molecule has 3 N–H and O–H groups in total. The minimum Gasteiger partial charge on any atom is -0.394 e. The van der Waals surface area contributed by atoms with Crippen molar-refractivity contribution in [1.82, 2.24) is 5.32 Å². The average Bonchev–Trinajstić information content (AvgIpc) is 3.31. The van der Waals surface area contributed by atoms with Crippen molar-refractivity contribution >= 4 is 5.91 Å². The number of carbonyl (C=O) groups excluding carboxylic acids is 1. The Balaban J connectivity index is 3.41. The Kier molecular flexibility index (Phi) is 56.2. The molecule has 2 atom stereocenters. The second-order valence-electron chi connectivity index (χ2n) is 20.8. The molecule has 0 fully saturated rings. The van der Waals surface area contributed by atoms with Gasteiger partial charge in [0.25, 0.3) is 0 Å². The molecule has 0 saturated heterocycles. The predicted molar refractivity (Wildman–Crippen MR) is 290 cm³/mol. The van der Waals surface area contributed by atoms with Gasteiger partial charge in [-0.1, -0.05) is 314 Å². The molecular weight excluding hydrogens is 795 g/mol. The summed E-state index contributed by atoms with van der Waals surface area (Å²) in [7, 11) is 0. The lowest BCUT2D eigenvalue weighted by molar-refractivity contribution is -0.123. The quantitative estimate of drug-likeness (QED) is 0.0421. The molecule has 0 bridgehead atoms. The van der Waals surface area contributed by atoms with Gasteiger partial charge in [-0.3, -0.25) is 4.79 Å². The summed E-state index contributed by atoms with van der Waals surface area (Å²) in [5.41, 5.74) is 0. The van der Waals surface area contributed by atoms with Crippen molar-refractivity contribution in [1.29, 1.82) is 0 Å². The molecule has 1 amide bonds. The molecule has 2 unspecified atom stereocenters. The molecule has 4 nitrogen and oxygen atoms in total. The first-order valence-electron chi connectivity index (χ1n) is 30.0. The van der Waals surface area contributed by atoms with Crippen LogP contribution < -0.4 is 5.32 Å². The monoisotopic (exact) mass is 914 g/mol. The molecule has 386 valence electrons. The average molecular weight is 915 g/mol. The number of amides is 1. The molecule has 0 saturated carbocycles. The molecule has 4 heteroatoms. The van der Waals surface area contributed by atoms with Gasteiger partial charge in [0.2, 0.25) is 5.91 Å². The Labute approximate surface area is 409 Å². The van der Waals surface area contributed by atoms with E-state index in [0.29, 0.717) is 12.8 Å². The minimum atomic E-state index is -0.658. The van der Waals surface area contributed by atoms with Gasteiger partial charge in [-0.2, -0.15) is 0 Å². The third-order valence-corrected chi connectivity index (χ3v) is 14.2. The van der Waals surface area contributed by atoms with Gasteiger partial charge in [0.15, 0.2) is 0 Å². The number of carbonyl (C=O) groups is 1. The van der Waals surface area contributed by atoms with Gasteiger partial charge in [-0.25, -0.2) is 0 Å². The van der Waals surface area contributed by atoms with Gasteiger partial charge in [-0.15, -0.1) is 0 Å². The summed E-state index contributed by atoms with van der Waals surface area (Å²) in [6.07, 6.45) is 76.1. The number of allylic oxidation sites excluding steroid dienone is 4. The van der Waals surface area contributed by atoms with E-state index in [2.05, 4.69) is 43.5 Å². The summed E-state index contributed by atoms with van der Waals surface area (Å²) in [6.45, 7) is 4.40. The molecule has 0 radical (unpaired) electrons. The fourth-order valence-corrected chi connectivity index (χ4v) is 9.63. The molecule has 0 aliphatic rings. The fourth-order valence-electron chi connectivity index (χ4n) is 9.63. The molecule has 0 aromatic carbocycles. The van der Waals surface area contributed by atoms with Crippen LogP contribution in [0.5, 0.6) is 0 Å². The van der Waals surface area contributed by atoms with E-state index in [9.17, 15) is 15.0 Å². The first-order valence-corrected chi connectivity index (χ1v) is 30.0. The normalized spacial score (nSPS) is 12.9. The second kappa shape index (κ2) is 57.2. The molecular formula is C61H119NO3. The standard InChI is InChI=1S/C61H119NO3/c1-3-5-7-9-11-13-15-17-19-21-23-25-26-27-28-29-30-31-32-33-34-35-36-37-39-41-43-45-47-49-51-53-55-57-61(65)62-59(58-63)60(64)56-54-52-50-48-46-44-42-40-38-24-22-20-18-16-14-12-10-8-6-4-2/h23,25,27-28,59-60,63-64H,3-22,24,26,29-58H2,1-2H3,(H,62,65)/b25-23-,28-27-. The van der Waals surface area contributed by atoms with Gasteiger partial charge < -0.3 is 15.5 Å². The summed E-state index contributed by atoms with van der Waals surface area (Å²) in [5.74, 6) is -0.0248. The Morgan fingerprint density at radius 3 is 0.923 bits per heavy atom. The van der Waals surface area contributed by atoms with E-state index in [1.165, 1.54) is 283 Å². The lowest BCUT2D eigenvalue weighted by atomic mass is 10.0. The lowest BCUT2D eigenvalue weighted by Crippen LogP contribution is -2.45. The van der Waals surface area contributed by atoms with Crippen LogP contribution >= 0.6 is 0 Å². The highest BCUT2D eigenvalue weighted by molar-refractivity contribution is 5.76. The highest BCUT2D eigenvalue weighted by Gasteiger charge is 2.20. The molecule has 0 aromatic rings. The summed E-state index contributed by atoms with van der Waals surface area (Å²) in [5, 5.41) is 23.4. The van der Waals surface area contributed by atoms with Crippen molar-refractivity contribution in [2.75, 3.05) is 6.61 Å². The van der Waals surface area contributed by atoms with E-state index >= 15 is 0 Å². The van der Waals surface area contributed by atoms with Gasteiger partial charge in [0.1, 0.15) is 0 Å². The molecule has 0 aliphatic heterocycles. The van der Waals surface area contributed by atoms with Crippen molar-refractivity contribution in [3.8, 4) is 0 Å². The molecule has 0 heterocycles. The predicted octanol–water partition coefficient (Wildman–Crippen LogP) is 19.9. The number of unbranched alkanes of at least 4 members (excludes halogenated alkanes) is 45. The Morgan fingerprint density at radius 1 is 0.369 bits per heavy atom. The summed E-state index contributed by atoms with van der Waals surface area (Å²) in [6, 6.07) is -0.535. The Bertz CT molecular complexity index is 947. The van der Waals surface area contributed by atoms with Crippen LogP contribution in [0.1, 0.15) is 341 Å². The topological polar surface area (TPSA) is 69.6 Å². The van der Waals surface area contributed by atoms with E-state index in [1.807, 2.05) is 0 Å². The van der Waals surface area contributed by atoms with Crippen LogP contribution in [0, 0.1) is 0 Å². The maximum Gasteiger partial charge on any atom is 0.220 e. The third kappa shape index (κ3) is 53.7. The van der Waals surface area contributed by atoms with Crippen molar-refractivity contribution in [3.05, 3.63) is 24.3 Å². The minimum absolute atomic E-state index is 0.0248. The van der Waals surface area contributed by atoms with Crippen LogP contribution in [0.25, 0.3) is 0 Å². The van der Waals surface area contributed by atoms with Crippen LogP contribution in [-0.2, 0) is 4.79 Å². The van der Waals surface area contributed by atoms with Crippen molar-refractivity contribution in [2.24, 2.45) is 0 Å². The molecule has 0 aliphatic carbocycles. The third-order valence-electron chi connectivity index (χ3n) is 14.2. The van der Waals surface area contributed by atoms with E-state index in [0.717, 1.165) is 32.1 Å². The number of hydrogen-bond acceptors (Lipinski definition) is 3. The van der Waals surface area contributed by atoms with Crippen molar-refractivity contribution in [3.63, 3.8) is 0 Å². The zero-order chi connectivity index (χ0) is 47.0. The molecule has 0 spiro atoms. The maximum atomic E-state index is 12.5. The van der Waals surface area contributed by atoms with Gasteiger partial charge in [0.05, 0.1) is 18.8 Å². The largest absolute Gasteiger partial charge is 0.394 e. The van der Waals surface area contributed by atoms with Crippen LogP contribution in [-0.4, -0.2) is 34.9 Å². The summed E-state index contributed by atoms with van der Waals surface area (Å²) < 4.78 is 0. The maximum absolute atomic E-state index is 12.5. The number of aliphatic hydroxyl groups is 2. The highest BCUT2D eigenvalue weighted by Crippen LogP contribution is 2.18. The van der Waals surface area contributed by atoms with E-state index in [1.54, 1.807) is 0 Å². The number of rotatable bonds is 56. The first-order chi connectivity index (χ1) is 32.2. The zero-order valence-corrected chi connectivity index (χ0v) is 44.5. The summed E-state index contributed by atoms with van der Waals surface area (Å²) in [4.78, 5) is 12.5. The van der Waals surface area contributed by atoms with Crippen molar-refractivity contribution < 1.29 is 15.0 Å². The number of hydrogen-bond donors (Lipinski definition) is 3. The second-order valence-corrected chi connectivity index (χ2v) is 20.8. The highest BCUT2D eigenvalue weighted by atomic mass is 16.3. The van der Waals surface area contributed by atoms with Crippen LogP contribution in [0.3, 0.4) is 0 Å². The smallest absolute Gasteiger partial charge is 0.220 e. The van der Waals surface area contributed by atoms with Crippen LogP contribution in [0.15, 0.2) is 24.3 Å². The lowest BCUT2D eigenvalue weighted by Gasteiger charge is -2.22. The molecule has 0 rings (SSSR count). The van der Waals surface area contributed by atoms with E-state index < -0.39 is 12.1 Å². The van der Waals surface area contributed by atoms with E-state index in [4.69, 9.17) is 0 Å². The number of aliphatic hydroxyl groups excluding tert-OH is 2. The SMILES string of the molecule is CCCCCCCCCCC/C=C\C/C=C\CCCCCCCCCCCCCCCCCCCC(=O)NC(CO)C(O)CCCCCCCCCCCCCCCCCCCCCC. The fraction of sp³-hybridized carbons (Fsp3) is 0.918. The van der Waals surface area contributed by atoms with Crippen LogP contribution in [0.2, 0.25) is 0 Å². The van der Waals surface area contributed by atoms with Crippen molar-refractivity contribution in [2.45, 2.75) is 353 Å². The Hall–Kier alpha value is -1.13. The van der Waals surface area contributed by atoms with E-state index in [-0.39, 0.29) is 12.5 Å². The van der Waals surface area contributed by atoms with Gasteiger partial charge in [0, 0.05) is 6.42 Å². The first kappa shape index (κ1) is 63.9. The molecule has 0 aromatic heterocycles. The number of nitrogens with one attached hydrogen (secondary N) is 1. The molecule has 65 heavy (non-hydrogen) atoms. The zero-order valence-electron chi connectivity index (χ0n) is 44.5. The van der Waals surface area contributed by atoms with Crippen LogP contribution in [0.4, 0.5) is 0 Å². The van der Waals surface area contributed by atoms with Gasteiger partial charge in [-0.05, 0) is 44.9 Å². The Morgan fingerprint density at radius 2 is 0.631 bits per heavy atom. The van der Waals surface area contributed by atoms with Gasteiger partial charge >= 0.3 is 0 Å².